The molecule has 0 aliphatic rings. The van der Waals surface area contributed by atoms with Gasteiger partial charge in [-0.05, 0) is 103 Å². The van der Waals surface area contributed by atoms with Crippen LogP contribution >= 0.6 is 0 Å². The molecule has 0 bridgehead atoms. The van der Waals surface area contributed by atoms with Crippen molar-refractivity contribution >= 4 is 54.1 Å². The lowest BCUT2D eigenvalue weighted by Gasteiger charge is -2.12. The zero-order valence-electron chi connectivity index (χ0n) is 33.1. The smallest absolute Gasteiger partial charge is 0.164 e. The van der Waals surface area contributed by atoms with E-state index in [0.29, 0.717) is 17.5 Å². The average Bonchev–Trinajstić information content (AvgIpc) is 3.68. The minimum atomic E-state index is 0.632. The third kappa shape index (κ3) is 6.12. The Bertz CT molecular complexity index is 3590. The molecule has 0 radical (unpaired) electrons. The van der Waals surface area contributed by atoms with Crippen LogP contribution in [0.1, 0.15) is 0 Å². The van der Waals surface area contributed by atoms with Crippen molar-refractivity contribution in [2.45, 2.75) is 0 Å². The Hall–Kier alpha value is -8.21. The van der Waals surface area contributed by atoms with E-state index in [2.05, 4.69) is 162 Å². The van der Waals surface area contributed by atoms with E-state index in [1.165, 1.54) is 65.3 Å². The Kier molecular flexibility index (Phi) is 8.13. The summed E-state index contributed by atoms with van der Waals surface area (Å²) in [5, 5.41) is 9.87. The number of para-hydroxylation sites is 1. The zero-order chi connectivity index (χ0) is 40.3. The molecule has 61 heavy (non-hydrogen) atoms. The van der Waals surface area contributed by atoms with Crippen LogP contribution in [-0.2, 0) is 0 Å². The van der Waals surface area contributed by atoms with Crippen molar-refractivity contribution in [1.82, 2.24) is 19.5 Å². The molecular formula is C57H36N4. The van der Waals surface area contributed by atoms with Crippen LogP contribution < -0.4 is 0 Å². The highest BCUT2D eigenvalue weighted by Crippen LogP contribution is 2.39. The number of hydrogen-bond donors (Lipinski definition) is 0. The van der Waals surface area contributed by atoms with E-state index in [1.807, 2.05) is 60.7 Å². The molecule has 0 spiro atoms. The molecule has 0 fully saturated rings. The fraction of sp³-hybridized carbons (Fsp3) is 0. The van der Waals surface area contributed by atoms with Gasteiger partial charge in [0.05, 0.1) is 11.0 Å². The molecule has 2 heterocycles. The van der Waals surface area contributed by atoms with Crippen molar-refractivity contribution in [3.05, 3.63) is 218 Å². The van der Waals surface area contributed by atoms with Gasteiger partial charge in [-0.15, -0.1) is 0 Å². The molecule has 0 saturated heterocycles. The summed E-state index contributed by atoms with van der Waals surface area (Å²) >= 11 is 0. The Morgan fingerprint density at radius 1 is 0.262 bits per heavy atom. The van der Waals surface area contributed by atoms with Gasteiger partial charge in [-0.1, -0.05) is 170 Å². The van der Waals surface area contributed by atoms with Crippen LogP contribution in [-0.4, -0.2) is 19.5 Å². The summed E-state index contributed by atoms with van der Waals surface area (Å²) in [5.41, 5.74) is 11.0. The number of benzene rings is 10. The predicted octanol–water partition coefficient (Wildman–Crippen LogP) is 14.8. The summed E-state index contributed by atoms with van der Waals surface area (Å²) < 4.78 is 2.37. The Morgan fingerprint density at radius 2 is 0.738 bits per heavy atom. The van der Waals surface area contributed by atoms with Crippen molar-refractivity contribution < 1.29 is 0 Å². The molecule has 0 amide bonds. The maximum atomic E-state index is 5.03. The Balaban J connectivity index is 0.934. The lowest BCUT2D eigenvalue weighted by Crippen LogP contribution is -2.01. The zero-order valence-corrected chi connectivity index (χ0v) is 33.1. The predicted molar refractivity (Wildman–Crippen MR) is 254 cm³/mol. The van der Waals surface area contributed by atoms with E-state index >= 15 is 0 Å². The fourth-order valence-corrected chi connectivity index (χ4v) is 8.95. The van der Waals surface area contributed by atoms with Crippen molar-refractivity contribution in [1.29, 1.82) is 0 Å². The summed E-state index contributed by atoms with van der Waals surface area (Å²) in [6.07, 6.45) is 0. The van der Waals surface area contributed by atoms with Gasteiger partial charge in [0, 0.05) is 33.2 Å². The van der Waals surface area contributed by atoms with Crippen LogP contribution in [0.4, 0.5) is 0 Å². The first-order chi connectivity index (χ1) is 30.2. The molecule has 2 aromatic heterocycles. The first kappa shape index (κ1) is 34.8. The SMILES string of the molecule is c1ccc(-c2nc(-c3ccccc3)nc(-c3cccc(-n4c5ccccc5c5c6ccc(-c7ccc8cc(-c9ccc%10ccccc%10c9)ccc8c7)cc6ccc54)c3)n2)cc1. The minimum Gasteiger partial charge on any atom is -0.309 e. The summed E-state index contributed by atoms with van der Waals surface area (Å²) in [7, 11) is 0. The molecule has 10 aromatic carbocycles. The molecule has 4 nitrogen and oxygen atoms in total. The monoisotopic (exact) mass is 776 g/mol. The second-order valence-corrected chi connectivity index (χ2v) is 15.7. The molecule has 0 unspecified atom stereocenters. The summed E-state index contributed by atoms with van der Waals surface area (Å²) in [5.74, 6) is 1.92. The lowest BCUT2D eigenvalue weighted by molar-refractivity contribution is 1.07. The van der Waals surface area contributed by atoms with Gasteiger partial charge in [0.2, 0.25) is 0 Å². The number of nitrogens with zero attached hydrogens (tertiary/aromatic N) is 4. The molecule has 12 rings (SSSR count). The Labute approximate surface area is 352 Å². The van der Waals surface area contributed by atoms with Crippen molar-refractivity contribution in [2.24, 2.45) is 0 Å². The third-order valence-electron chi connectivity index (χ3n) is 12.0. The summed E-state index contributed by atoms with van der Waals surface area (Å²) in [6, 6.07) is 77.8. The highest BCUT2D eigenvalue weighted by molar-refractivity contribution is 6.21. The van der Waals surface area contributed by atoms with Crippen LogP contribution in [0.15, 0.2) is 218 Å². The highest BCUT2D eigenvalue weighted by Gasteiger charge is 2.18. The van der Waals surface area contributed by atoms with E-state index in [1.54, 1.807) is 0 Å². The fourth-order valence-electron chi connectivity index (χ4n) is 8.95. The standard InChI is InChI=1S/C57H36N4/c1-3-13-38(14-4-1)55-58-56(39-15-5-2-6-16-39)60-57(59-55)48-18-11-19-49(36-48)61-52-21-10-9-20-51(52)54-50-30-28-46(35-47(50)29-31-53(54)61)45-27-26-43-33-42(24-25-44(43)34-45)41-23-22-37-12-7-8-17-40(37)32-41/h1-36H. The van der Waals surface area contributed by atoms with Crippen LogP contribution in [0.5, 0.6) is 0 Å². The van der Waals surface area contributed by atoms with Gasteiger partial charge in [0.25, 0.3) is 0 Å². The first-order valence-electron chi connectivity index (χ1n) is 20.7. The quantitative estimate of drug-likeness (QED) is 0.169. The van der Waals surface area contributed by atoms with Crippen LogP contribution in [0, 0.1) is 0 Å². The average molecular weight is 777 g/mol. The molecular weight excluding hydrogens is 741 g/mol. The maximum absolute atomic E-state index is 5.03. The molecule has 0 N–H and O–H groups in total. The maximum Gasteiger partial charge on any atom is 0.164 e. The molecule has 0 aliphatic carbocycles. The molecule has 4 heteroatoms. The van der Waals surface area contributed by atoms with Crippen LogP contribution in [0.2, 0.25) is 0 Å². The largest absolute Gasteiger partial charge is 0.309 e. The molecule has 12 aromatic rings. The Morgan fingerprint density at radius 3 is 1.39 bits per heavy atom. The van der Waals surface area contributed by atoms with Gasteiger partial charge in [-0.2, -0.15) is 0 Å². The summed E-state index contributed by atoms with van der Waals surface area (Å²) in [6.45, 7) is 0. The number of aromatic nitrogens is 4. The second-order valence-electron chi connectivity index (χ2n) is 15.7. The third-order valence-corrected chi connectivity index (χ3v) is 12.0. The van der Waals surface area contributed by atoms with Gasteiger partial charge in [0.1, 0.15) is 0 Å². The molecule has 0 saturated carbocycles. The van der Waals surface area contributed by atoms with Gasteiger partial charge < -0.3 is 4.57 Å². The van der Waals surface area contributed by atoms with Crippen LogP contribution in [0.3, 0.4) is 0 Å². The second kappa shape index (κ2) is 14.3. The van der Waals surface area contributed by atoms with Crippen molar-refractivity contribution in [3.63, 3.8) is 0 Å². The van der Waals surface area contributed by atoms with E-state index in [9.17, 15) is 0 Å². The molecule has 284 valence electrons. The van der Waals surface area contributed by atoms with E-state index < -0.39 is 0 Å². The minimum absolute atomic E-state index is 0.632. The van der Waals surface area contributed by atoms with Gasteiger partial charge in [-0.3, -0.25) is 0 Å². The first-order valence-corrected chi connectivity index (χ1v) is 20.7. The number of rotatable bonds is 6. The topological polar surface area (TPSA) is 43.6 Å². The highest BCUT2D eigenvalue weighted by atomic mass is 15.0. The van der Waals surface area contributed by atoms with Gasteiger partial charge in [0.15, 0.2) is 17.5 Å². The van der Waals surface area contributed by atoms with E-state index in [0.717, 1.165) is 33.4 Å². The molecule has 0 aliphatic heterocycles. The molecule has 0 atom stereocenters. The van der Waals surface area contributed by atoms with E-state index in [-0.39, 0.29) is 0 Å². The lowest BCUT2D eigenvalue weighted by atomic mass is 9.95. The van der Waals surface area contributed by atoms with Crippen molar-refractivity contribution in [2.75, 3.05) is 0 Å². The van der Waals surface area contributed by atoms with E-state index in [4.69, 9.17) is 15.0 Å². The number of hydrogen-bond acceptors (Lipinski definition) is 3. The normalized spacial score (nSPS) is 11.6. The number of fused-ring (bicyclic) bond motifs is 7. The van der Waals surface area contributed by atoms with Gasteiger partial charge >= 0.3 is 0 Å². The van der Waals surface area contributed by atoms with Crippen LogP contribution in [0.25, 0.3) is 116 Å². The van der Waals surface area contributed by atoms with Gasteiger partial charge in [-0.25, -0.2) is 15.0 Å². The summed E-state index contributed by atoms with van der Waals surface area (Å²) in [4.78, 5) is 15.0. The van der Waals surface area contributed by atoms with Crippen molar-refractivity contribution in [3.8, 4) is 62.1 Å².